The van der Waals surface area contributed by atoms with Crippen molar-refractivity contribution in [2.75, 3.05) is 26.2 Å². The van der Waals surface area contributed by atoms with Gasteiger partial charge in [0, 0.05) is 32.7 Å². The van der Waals surface area contributed by atoms with Crippen LogP contribution < -0.4 is 11.3 Å². The Bertz CT molecular complexity index is 441. The zero-order valence-electron chi connectivity index (χ0n) is 13.0. The third-order valence-electron chi connectivity index (χ3n) is 4.09. The van der Waals surface area contributed by atoms with Gasteiger partial charge in [0.15, 0.2) is 0 Å². The molecule has 0 saturated carbocycles. The lowest BCUT2D eigenvalue weighted by molar-refractivity contribution is -0.129. The van der Waals surface area contributed by atoms with Crippen molar-refractivity contribution >= 4 is 5.91 Å². The number of nitrogens with one attached hydrogen (secondary N) is 1. The fourth-order valence-electron chi connectivity index (χ4n) is 3.02. The second kappa shape index (κ2) is 7.54. The van der Waals surface area contributed by atoms with E-state index in [2.05, 4.69) is 53.3 Å². The Balaban J connectivity index is 1.88. The Morgan fingerprint density at radius 2 is 1.81 bits per heavy atom. The van der Waals surface area contributed by atoms with Crippen molar-refractivity contribution in [2.45, 2.75) is 26.4 Å². The summed E-state index contributed by atoms with van der Waals surface area (Å²) in [5.74, 6) is 5.49. The van der Waals surface area contributed by atoms with Gasteiger partial charge in [0.2, 0.25) is 0 Å². The highest BCUT2D eigenvalue weighted by Gasteiger charge is 2.30. The number of amides is 1. The topological polar surface area (TPSA) is 61.6 Å². The molecule has 0 radical (unpaired) electrons. The maximum Gasteiger partial charge on any atom is 0.251 e. The monoisotopic (exact) mass is 290 g/mol. The molecule has 1 fully saturated rings. The van der Waals surface area contributed by atoms with Gasteiger partial charge in [-0.1, -0.05) is 44.2 Å². The lowest BCUT2D eigenvalue weighted by Gasteiger charge is -2.39. The summed E-state index contributed by atoms with van der Waals surface area (Å²) in [5, 5.41) is 0. The van der Waals surface area contributed by atoms with E-state index in [0.717, 1.165) is 32.7 Å². The average Bonchev–Trinajstić information content (AvgIpc) is 2.49. The van der Waals surface area contributed by atoms with Gasteiger partial charge in [-0.25, -0.2) is 5.84 Å². The number of hydrazine groups is 1. The third-order valence-corrected chi connectivity index (χ3v) is 4.09. The molecule has 2 rings (SSSR count). The number of benzene rings is 1. The van der Waals surface area contributed by atoms with Gasteiger partial charge >= 0.3 is 0 Å². The lowest BCUT2D eigenvalue weighted by atomic mass is 10.0. The minimum atomic E-state index is -0.131. The quantitative estimate of drug-likeness (QED) is 0.479. The molecule has 0 bridgehead atoms. The van der Waals surface area contributed by atoms with Crippen LogP contribution in [-0.2, 0) is 11.3 Å². The average molecular weight is 290 g/mol. The molecule has 1 aromatic carbocycles. The number of hydrogen-bond donors (Lipinski definition) is 2. The van der Waals surface area contributed by atoms with E-state index in [1.54, 1.807) is 0 Å². The Morgan fingerprint density at radius 1 is 1.19 bits per heavy atom. The molecule has 1 aromatic rings. The minimum Gasteiger partial charge on any atom is -0.297 e. The molecule has 5 nitrogen and oxygen atoms in total. The van der Waals surface area contributed by atoms with Crippen LogP contribution in [-0.4, -0.2) is 47.9 Å². The highest BCUT2D eigenvalue weighted by molar-refractivity contribution is 5.81. The van der Waals surface area contributed by atoms with Crippen molar-refractivity contribution in [2.24, 2.45) is 11.8 Å². The molecule has 5 heteroatoms. The van der Waals surface area contributed by atoms with Crippen LogP contribution in [0.3, 0.4) is 0 Å². The van der Waals surface area contributed by atoms with Crippen LogP contribution in [0.4, 0.5) is 0 Å². The van der Waals surface area contributed by atoms with Gasteiger partial charge < -0.3 is 0 Å². The second-order valence-electron chi connectivity index (χ2n) is 6.00. The minimum absolute atomic E-state index is 0.0819. The predicted molar refractivity (Wildman–Crippen MR) is 84.2 cm³/mol. The summed E-state index contributed by atoms with van der Waals surface area (Å²) < 4.78 is 0. The van der Waals surface area contributed by atoms with Gasteiger partial charge in [-0.15, -0.1) is 0 Å². The number of nitrogens with zero attached hydrogens (tertiary/aromatic N) is 2. The Labute approximate surface area is 127 Å². The number of piperazine rings is 1. The number of carbonyl (C=O) groups excluding carboxylic acids is 1. The first kappa shape index (κ1) is 15.9. The molecule has 116 valence electrons. The summed E-state index contributed by atoms with van der Waals surface area (Å²) >= 11 is 0. The molecule has 1 aliphatic heterocycles. The summed E-state index contributed by atoms with van der Waals surface area (Å²) in [5.41, 5.74) is 3.64. The Hall–Kier alpha value is -1.43. The Kier molecular flexibility index (Phi) is 5.73. The first-order valence-corrected chi connectivity index (χ1v) is 7.62. The molecule has 1 heterocycles. The maximum absolute atomic E-state index is 11.9. The van der Waals surface area contributed by atoms with E-state index >= 15 is 0 Å². The standard InChI is InChI=1S/C16H26N4O/c1-13(2)15(16(21)18-17)20-10-8-19(9-11-20)12-14-6-4-3-5-7-14/h3-7,13,15H,8-12,17H2,1-2H3,(H,18,21). The number of nitrogens with two attached hydrogens (primary N) is 1. The summed E-state index contributed by atoms with van der Waals surface area (Å²) in [6.07, 6.45) is 0. The first-order valence-electron chi connectivity index (χ1n) is 7.62. The SMILES string of the molecule is CC(C)C(C(=O)NN)N1CCN(Cc2ccccc2)CC1. The molecule has 0 aliphatic carbocycles. The summed E-state index contributed by atoms with van der Waals surface area (Å²) in [6, 6.07) is 10.4. The van der Waals surface area contributed by atoms with Crippen molar-refractivity contribution in [1.82, 2.24) is 15.2 Å². The van der Waals surface area contributed by atoms with E-state index in [1.165, 1.54) is 5.56 Å². The molecule has 1 unspecified atom stereocenters. The summed E-state index contributed by atoms with van der Waals surface area (Å²) in [7, 11) is 0. The number of rotatable bonds is 5. The van der Waals surface area contributed by atoms with Gasteiger partial charge in [-0.05, 0) is 11.5 Å². The molecule has 1 atom stereocenters. The van der Waals surface area contributed by atoms with Crippen LogP contribution in [0.15, 0.2) is 30.3 Å². The fourth-order valence-corrected chi connectivity index (χ4v) is 3.02. The Morgan fingerprint density at radius 3 is 2.33 bits per heavy atom. The normalized spacial score (nSPS) is 18.7. The van der Waals surface area contributed by atoms with Gasteiger partial charge in [0.1, 0.15) is 0 Å². The van der Waals surface area contributed by atoms with Crippen LogP contribution >= 0.6 is 0 Å². The van der Waals surface area contributed by atoms with E-state index < -0.39 is 0 Å². The largest absolute Gasteiger partial charge is 0.297 e. The van der Waals surface area contributed by atoms with E-state index in [1.807, 2.05) is 6.07 Å². The predicted octanol–water partition coefficient (Wildman–Crippen LogP) is 0.819. The van der Waals surface area contributed by atoms with Crippen molar-refractivity contribution in [3.8, 4) is 0 Å². The van der Waals surface area contributed by atoms with E-state index in [4.69, 9.17) is 5.84 Å². The van der Waals surface area contributed by atoms with E-state index in [-0.39, 0.29) is 17.9 Å². The molecular weight excluding hydrogens is 264 g/mol. The molecule has 1 saturated heterocycles. The lowest BCUT2D eigenvalue weighted by Crippen LogP contribution is -2.57. The molecule has 0 spiro atoms. The molecule has 1 aliphatic rings. The van der Waals surface area contributed by atoms with Gasteiger partial charge in [0.25, 0.3) is 5.91 Å². The van der Waals surface area contributed by atoms with Crippen molar-refractivity contribution < 1.29 is 4.79 Å². The maximum atomic E-state index is 11.9. The van der Waals surface area contributed by atoms with E-state index in [0.29, 0.717) is 0 Å². The van der Waals surface area contributed by atoms with Crippen molar-refractivity contribution in [3.63, 3.8) is 0 Å². The highest BCUT2D eigenvalue weighted by Crippen LogP contribution is 2.15. The van der Waals surface area contributed by atoms with Crippen LogP contribution in [0.1, 0.15) is 19.4 Å². The smallest absolute Gasteiger partial charge is 0.251 e. The van der Waals surface area contributed by atoms with Crippen molar-refractivity contribution in [1.29, 1.82) is 0 Å². The molecule has 21 heavy (non-hydrogen) atoms. The first-order chi connectivity index (χ1) is 10.1. The van der Waals surface area contributed by atoms with Gasteiger partial charge in [-0.2, -0.15) is 0 Å². The zero-order valence-corrected chi connectivity index (χ0v) is 13.0. The van der Waals surface area contributed by atoms with Crippen LogP contribution in [0.5, 0.6) is 0 Å². The molecular formula is C16H26N4O. The molecule has 0 aromatic heterocycles. The zero-order chi connectivity index (χ0) is 15.2. The van der Waals surface area contributed by atoms with Crippen LogP contribution in [0.2, 0.25) is 0 Å². The van der Waals surface area contributed by atoms with Crippen molar-refractivity contribution in [3.05, 3.63) is 35.9 Å². The van der Waals surface area contributed by atoms with Crippen LogP contribution in [0, 0.1) is 5.92 Å². The summed E-state index contributed by atoms with van der Waals surface area (Å²) in [6.45, 7) is 8.88. The number of hydrogen-bond acceptors (Lipinski definition) is 4. The second-order valence-corrected chi connectivity index (χ2v) is 6.00. The third kappa shape index (κ3) is 4.27. The highest BCUT2D eigenvalue weighted by atomic mass is 16.2. The molecule has 3 N–H and O–H groups in total. The van der Waals surface area contributed by atoms with Crippen LogP contribution in [0.25, 0.3) is 0 Å². The van der Waals surface area contributed by atoms with E-state index in [9.17, 15) is 4.79 Å². The number of carbonyl (C=O) groups is 1. The van der Waals surface area contributed by atoms with Gasteiger partial charge in [0.05, 0.1) is 6.04 Å². The van der Waals surface area contributed by atoms with Gasteiger partial charge in [-0.3, -0.25) is 20.0 Å². The fraction of sp³-hybridized carbons (Fsp3) is 0.562. The summed E-state index contributed by atoms with van der Waals surface area (Å²) in [4.78, 5) is 16.6. The molecule has 1 amide bonds.